The quantitative estimate of drug-likeness (QED) is 0.864. The van der Waals surface area contributed by atoms with Crippen LogP contribution in [0.3, 0.4) is 0 Å². The summed E-state index contributed by atoms with van der Waals surface area (Å²) in [7, 11) is 0. The molecule has 1 fully saturated rings. The first-order valence-electron chi connectivity index (χ1n) is 8.12. The molecule has 3 nitrogen and oxygen atoms in total. The smallest absolute Gasteiger partial charge is 0.0547 e. The molecule has 1 aliphatic heterocycles. The van der Waals surface area contributed by atoms with Gasteiger partial charge < -0.3 is 5.32 Å². The molecule has 1 aromatic heterocycles. The van der Waals surface area contributed by atoms with E-state index in [1.165, 1.54) is 31.4 Å². The Morgan fingerprint density at radius 2 is 2.05 bits per heavy atom. The molecule has 112 valence electrons. The fourth-order valence-corrected chi connectivity index (χ4v) is 3.18. The average Bonchev–Trinajstić information content (AvgIpc) is 2.42. The SMILES string of the molecule is CCCC1CN(Cc2cccc(C)n2)C(CCC)CN1. The van der Waals surface area contributed by atoms with Crippen LogP contribution in [0.1, 0.15) is 50.9 Å². The molecule has 0 bridgehead atoms. The van der Waals surface area contributed by atoms with E-state index in [1.807, 2.05) is 0 Å². The molecule has 1 aliphatic rings. The third-order valence-corrected chi connectivity index (χ3v) is 4.18. The third-order valence-electron chi connectivity index (χ3n) is 4.18. The van der Waals surface area contributed by atoms with Crippen LogP contribution in [0.5, 0.6) is 0 Å². The van der Waals surface area contributed by atoms with E-state index in [2.05, 4.69) is 54.2 Å². The zero-order valence-corrected chi connectivity index (χ0v) is 13.2. The van der Waals surface area contributed by atoms with Crippen molar-refractivity contribution in [3.8, 4) is 0 Å². The Labute approximate surface area is 123 Å². The number of hydrogen-bond donors (Lipinski definition) is 1. The van der Waals surface area contributed by atoms with Crippen molar-refractivity contribution in [3.63, 3.8) is 0 Å². The molecule has 0 radical (unpaired) electrons. The van der Waals surface area contributed by atoms with Gasteiger partial charge >= 0.3 is 0 Å². The Hall–Kier alpha value is -0.930. The van der Waals surface area contributed by atoms with E-state index >= 15 is 0 Å². The van der Waals surface area contributed by atoms with Gasteiger partial charge in [0.05, 0.1) is 5.69 Å². The van der Waals surface area contributed by atoms with Crippen LogP contribution in [0.15, 0.2) is 18.2 Å². The fourth-order valence-electron chi connectivity index (χ4n) is 3.18. The topological polar surface area (TPSA) is 28.2 Å². The van der Waals surface area contributed by atoms with Crippen molar-refractivity contribution in [2.75, 3.05) is 13.1 Å². The van der Waals surface area contributed by atoms with Crippen molar-refractivity contribution < 1.29 is 0 Å². The van der Waals surface area contributed by atoms with E-state index in [0.717, 1.165) is 25.3 Å². The molecule has 2 heterocycles. The fraction of sp³-hybridized carbons (Fsp3) is 0.706. The first-order valence-corrected chi connectivity index (χ1v) is 8.12. The molecule has 1 N–H and O–H groups in total. The number of aryl methyl sites for hydroxylation is 1. The molecule has 0 aromatic carbocycles. The molecular formula is C17H29N3. The van der Waals surface area contributed by atoms with Gasteiger partial charge in [-0.2, -0.15) is 0 Å². The van der Waals surface area contributed by atoms with Crippen LogP contribution in [0.4, 0.5) is 0 Å². The lowest BCUT2D eigenvalue weighted by Crippen LogP contribution is -2.55. The third kappa shape index (κ3) is 4.29. The lowest BCUT2D eigenvalue weighted by Gasteiger charge is -2.40. The van der Waals surface area contributed by atoms with E-state index < -0.39 is 0 Å². The van der Waals surface area contributed by atoms with E-state index in [0.29, 0.717) is 12.1 Å². The van der Waals surface area contributed by atoms with Crippen molar-refractivity contribution in [1.82, 2.24) is 15.2 Å². The number of aromatic nitrogens is 1. The zero-order chi connectivity index (χ0) is 14.4. The molecule has 1 aromatic rings. The number of piperazine rings is 1. The van der Waals surface area contributed by atoms with Crippen LogP contribution in [0, 0.1) is 6.92 Å². The molecule has 3 heteroatoms. The second-order valence-corrected chi connectivity index (χ2v) is 6.04. The lowest BCUT2D eigenvalue weighted by molar-refractivity contribution is 0.110. The van der Waals surface area contributed by atoms with Crippen LogP contribution in [-0.2, 0) is 6.54 Å². The second-order valence-electron chi connectivity index (χ2n) is 6.04. The number of rotatable bonds is 6. The van der Waals surface area contributed by atoms with Gasteiger partial charge in [0.2, 0.25) is 0 Å². The Bertz CT molecular complexity index is 405. The summed E-state index contributed by atoms with van der Waals surface area (Å²) in [6.45, 7) is 9.91. The minimum atomic E-state index is 0.651. The zero-order valence-electron chi connectivity index (χ0n) is 13.2. The van der Waals surface area contributed by atoms with Crippen molar-refractivity contribution >= 4 is 0 Å². The van der Waals surface area contributed by atoms with Gasteiger partial charge in [0.15, 0.2) is 0 Å². The van der Waals surface area contributed by atoms with Gasteiger partial charge in [0, 0.05) is 37.4 Å². The molecule has 20 heavy (non-hydrogen) atoms. The van der Waals surface area contributed by atoms with E-state index in [1.54, 1.807) is 0 Å². The van der Waals surface area contributed by atoms with Gasteiger partial charge in [-0.05, 0) is 31.9 Å². The van der Waals surface area contributed by atoms with E-state index in [9.17, 15) is 0 Å². The summed E-state index contributed by atoms with van der Waals surface area (Å²) in [4.78, 5) is 7.31. The molecule has 2 rings (SSSR count). The summed E-state index contributed by atoms with van der Waals surface area (Å²) in [5, 5.41) is 3.72. The van der Waals surface area contributed by atoms with Gasteiger partial charge in [0.1, 0.15) is 0 Å². The summed E-state index contributed by atoms with van der Waals surface area (Å²) in [5.74, 6) is 0. The predicted octanol–water partition coefficient (Wildman–Crippen LogP) is 3.13. The Balaban J connectivity index is 2.02. The predicted molar refractivity (Wildman–Crippen MR) is 84.8 cm³/mol. The highest BCUT2D eigenvalue weighted by Gasteiger charge is 2.26. The van der Waals surface area contributed by atoms with Gasteiger partial charge in [0.25, 0.3) is 0 Å². The Kier molecular flexibility index (Phi) is 5.99. The number of hydrogen-bond acceptors (Lipinski definition) is 3. The molecule has 0 aliphatic carbocycles. The summed E-state index contributed by atoms with van der Waals surface area (Å²) < 4.78 is 0. The maximum Gasteiger partial charge on any atom is 0.0547 e. The Morgan fingerprint density at radius 1 is 1.25 bits per heavy atom. The number of nitrogens with one attached hydrogen (secondary N) is 1. The van der Waals surface area contributed by atoms with Crippen LogP contribution in [-0.4, -0.2) is 35.1 Å². The molecule has 0 saturated carbocycles. The van der Waals surface area contributed by atoms with E-state index in [4.69, 9.17) is 0 Å². The van der Waals surface area contributed by atoms with Crippen molar-refractivity contribution in [2.45, 2.75) is 65.1 Å². The average molecular weight is 275 g/mol. The molecule has 1 saturated heterocycles. The normalized spacial score (nSPS) is 23.9. The van der Waals surface area contributed by atoms with Crippen molar-refractivity contribution in [3.05, 3.63) is 29.6 Å². The first-order chi connectivity index (χ1) is 9.72. The molecule has 2 atom stereocenters. The first kappa shape index (κ1) is 15.5. The highest BCUT2D eigenvalue weighted by Crippen LogP contribution is 2.17. The maximum absolute atomic E-state index is 4.67. The molecule has 2 unspecified atom stereocenters. The second kappa shape index (κ2) is 7.75. The van der Waals surface area contributed by atoms with Crippen molar-refractivity contribution in [1.29, 1.82) is 0 Å². The van der Waals surface area contributed by atoms with Crippen LogP contribution in [0.25, 0.3) is 0 Å². The highest BCUT2D eigenvalue weighted by molar-refractivity contribution is 5.10. The Morgan fingerprint density at radius 3 is 2.75 bits per heavy atom. The largest absolute Gasteiger partial charge is 0.311 e. The van der Waals surface area contributed by atoms with Crippen LogP contribution < -0.4 is 5.32 Å². The van der Waals surface area contributed by atoms with E-state index in [-0.39, 0.29) is 0 Å². The maximum atomic E-state index is 4.67. The van der Waals surface area contributed by atoms with Crippen molar-refractivity contribution in [2.24, 2.45) is 0 Å². The standard InChI is InChI=1S/C17H29N3/c1-4-7-15-12-20(17(8-5-2)11-18-15)13-16-10-6-9-14(3)19-16/h6,9-10,15,17-18H,4-5,7-8,11-13H2,1-3H3. The number of nitrogens with zero attached hydrogens (tertiary/aromatic N) is 2. The minimum absolute atomic E-state index is 0.651. The molecular weight excluding hydrogens is 246 g/mol. The summed E-state index contributed by atoms with van der Waals surface area (Å²) >= 11 is 0. The van der Waals surface area contributed by atoms with Gasteiger partial charge in [-0.1, -0.05) is 32.8 Å². The highest BCUT2D eigenvalue weighted by atomic mass is 15.2. The monoisotopic (exact) mass is 275 g/mol. The van der Waals surface area contributed by atoms with Gasteiger partial charge in [-0.15, -0.1) is 0 Å². The minimum Gasteiger partial charge on any atom is -0.311 e. The van der Waals surface area contributed by atoms with Crippen LogP contribution >= 0.6 is 0 Å². The molecule has 0 amide bonds. The summed E-state index contributed by atoms with van der Waals surface area (Å²) in [6, 6.07) is 7.67. The number of pyridine rings is 1. The lowest BCUT2D eigenvalue weighted by atomic mass is 10.0. The summed E-state index contributed by atoms with van der Waals surface area (Å²) in [5.41, 5.74) is 2.33. The molecule has 0 spiro atoms. The van der Waals surface area contributed by atoms with Crippen LogP contribution in [0.2, 0.25) is 0 Å². The summed E-state index contributed by atoms with van der Waals surface area (Å²) in [6.07, 6.45) is 5.06. The van der Waals surface area contributed by atoms with Gasteiger partial charge in [-0.25, -0.2) is 0 Å². The van der Waals surface area contributed by atoms with Gasteiger partial charge in [-0.3, -0.25) is 9.88 Å².